The van der Waals surface area contributed by atoms with Gasteiger partial charge in [0.25, 0.3) is 0 Å². The minimum Gasteiger partial charge on any atom is -0.345 e. The second-order valence-corrected chi connectivity index (χ2v) is 5.39. The molecule has 6 nitrogen and oxygen atoms in total. The topological polar surface area (TPSA) is 112 Å². The number of hydrogen-bond donors (Lipinski definition) is 2. The molecule has 1 amide bonds. The van der Waals surface area contributed by atoms with Crippen LogP contribution >= 0.6 is 0 Å². The standard InChI is InChI=1S/C17H17N5O/c1-11(2)6-17(23)21-14-5-4-12(3)15(7-14)22-16(10-20)13(8-18)9-19/h4-5,7,11,22H,6H2,1-3H3,(H,21,23). The summed E-state index contributed by atoms with van der Waals surface area (Å²) in [5.41, 5.74) is 1.53. The van der Waals surface area contributed by atoms with Crippen molar-refractivity contribution in [1.29, 1.82) is 15.8 Å². The van der Waals surface area contributed by atoms with Crippen LogP contribution in [0.25, 0.3) is 0 Å². The molecule has 0 fully saturated rings. The third-order valence-electron chi connectivity index (χ3n) is 2.96. The van der Waals surface area contributed by atoms with Crippen LogP contribution in [-0.2, 0) is 4.79 Å². The molecule has 0 aliphatic carbocycles. The summed E-state index contributed by atoms with van der Waals surface area (Å²) in [5.74, 6) is 0.153. The maximum absolute atomic E-state index is 11.8. The summed E-state index contributed by atoms with van der Waals surface area (Å²) in [5, 5.41) is 32.3. The number of carbonyl (C=O) groups excluding carboxylic acids is 1. The zero-order valence-corrected chi connectivity index (χ0v) is 13.3. The van der Waals surface area contributed by atoms with E-state index in [1.165, 1.54) is 0 Å². The quantitative estimate of drug-likeness (QED) is 0.811. The van der Waals surface area contributed by atoms with E-state index in [0.717, 1.165) is 5.56 Å². The Morgan fingerprint density at radius 3 is 2.30 bits per heavy atom. The highest BCUT2D eigenvalue weighted by Crippen LogP contribution is 2.22. The van der Waals surface area contributed by atoms with Crippen molar-refractivity contribution in [3.8, 4) is 18.2 Å². The van der Waals surface area contributed by atoms with E-state index in [1.807, 2.05) is 20.8 Å². The summed E-state index contributed by atoms with van der Waals surface area (Å²) in [4.78, 5) is 11.8. The van der Waals surface area contributed by atoms with Gasteiger partial charge in [-0.2, -0.15) is 15.8 Å². The average molecular weight is 307 g/mol. The summed E-state index contributed by atoms with van der Waals surface area (Å²) in [6.45, 7) is 5.73. The van der Waals surface area contributed by atoms with Crippen LogP contribution in [0.5, 0.6) is 0 Å². The second-order valence-electron chi connectivity index (χ2n) is 5.39. The molecule has 0 heterocycles. The van der Waals surface area contributed by atoms with Gasteiger partial charge in [0.2, 0.25) is 5.91 Å². The number of aryl methyl sites for hydroxylation is 1. The molecule has 0 unspecified atom stereocenters. The van der Waals surface area contributed by atoms with Gasteiger partial charge in [0, 0.05) is 17.8 Å². The Morgan fingerprint density at radius 2 is 1.78 bits per heavy atom. The summed E-state index contributed by atoms with van der Waals surface area (Å²) >= 11 is 0. The van der Waals surface area contributed by atoms with E-state index in [9.17, 15) is 4.79 Å². The molecule has 2 N–H and O–H groups in total. The molecule has 0 spiro atoms. The molecule has 6 heteroatoms. The van der Waals surface area contributed by atoms with Crippen LogP contribution in [0.2, 0.25) is 0 Å². The van der Waals surface area contributed by atoms with Crippen molar-refractivity contribution in [2.45, 2.75) is 27.2 Å². The Bertz CT molecular complexity index is 741. The molecule has 0 bridgehead atoms. The van der Waals surface area contributed by atoms with Crippen molar-refractivity contribution < 1.29 is 4.79 Å². The van der Waals surface area contributed by atoms with Gasteiger partial charge < -0.3 is 10.6 Å². The third-order valence-corrected chi connectivity index (χ3v) is 2.96. The second kappa shape index (κ2) is 8.22. The minimum absolute atomic E-state index is 0.0967. The summed E-state index contributed by atoms with van der Waals surface area (Å²) < 4.78 is 0. The zero-order valence-electron chi connectivity index (χ0n) is 13.3. The highest BCUT2D eigenvalue weighted by Gasteiger charge is 2.10. The third kappa shape index (κ3) is 5.19. The van der Waals surface area contributed by atoms with Crippen LogP contribution in [-0.4, -0.2) is 5.91 Å². The molecule has 0 radical (unpaired) electrons. The molecule has 1 rings (SSSR count). The number of carbonyl (C=O) groups is 1. The van der Waals surface area contributed by atoms with Gasteiger partial charge in [-0.1, -0.05) is 19.9 Å². The monoisotopic (exact) mass is 307 g/mol. The lowest BCUT2D eigenvalue weighted by molar-refractivity contribution is -0.116. The lowest BCUT2D eigenvalue weighted by Gasteiger charge is -2.12. The number of anilines is 2. The number of nitriles is 3. The summed E-state index contributed by atoms with van der Waals surface area (Å²) in [7, 11) is 0. The molecule has 1 aromatic rings. The SMILES string of the molecule is Cc1ccc(NC(=O)CC(C)C)cc1NC(C#N)=C(C#N)C#N. The van der Waals surface area contributed by atoms with Gasteiger partial charge >= 0.3 is 0 Å². The Labute approximate surface area is 135 Å². The number of amides is 1. The van der Waals surface area contributed by atoms with Crippen molar-refractivity contribution in [3.05, 3.63) is 35.0 Å². The number of hydrogen-bond acceptors (Lipinski definition) is 5. The van der Waals surface area contributed by atoms with Crippen molar-refractivity contribution >= 4 is 17.3 Å². The van der Waals surface area contributed by atoms with E-state index in [1.54, 1.807) is 36.4 Å². The molecule has 23 heavy (non-hydrogen) atoms. The lowest BCUT2D eigenvalue weighted by Crippen LogP contribution is -2.14. The molecule has 0 saturated carbocycles. The van der Waals surface area contributed by atoms with Crippen LogP contribution in [0.15, 0.2) is 29.5 Å². The van der Waals surface area contributed by atoms with E-state index in [0.29, 0.717) is 17.8 Å². The molecule has 1 aromatic carbocycles. The highest BCUT2D eigenvalue weighted by atomic mass is 16.1. The van der Waals surface area contributed by atoms with Crippen molar-refractivity contribution in [2.75, 3.05) is 10.6 Å². The molecule has 0 aliphatic heterocycles. The van der Waals surface area contributed by atoms with Crippen molar-refractivity contribution in [1.82, 2.24) is 0 Å². The molecular weight excluding hydrogens is 290 g/mol. The summed E-state index contributed by atoms with van der Waals surface area (Å²) in [6.07, 6.45) is 0.410. The first kappa shape index (κ1) is 17.8. The Kier molecular flexibility index (Phi) is 6.34. The van der Waals surface area contributed by atoms with E-state index in [-0.39, 0.29) is 23.1 Å². The van der Waals surface area contributed by atoms with E-state index in [2.05, 4.69) is 10.6 Å². The first-order valence-corrected chi connectivity index (χ1v) is 7.03. The van der Waals surface area contributed by atoms with E-state index < -0.39 is 0 Å². The number of nitrogens with zero attached hydrogens (tertiary/aromatic N) is 3. The maximum atomic E-state index is 11.8. The smallest absolute Gasteiger partial charge is 0.224 e. The number of nitrogens with one attached hydrogen (secondary N) is 2. The van der Waals surface area contributed by atoms with Gasteiger partial charge in [0.15, 0.2) is 5.57 Å². The number of allylic oxidation sites excluding steroid dienone is 2. The minimum atomic E-state index is -0.291. The van der Waals surface area contributed by atoms with Crippen molar-refractivity contribution in [2.24, 2.45) is 5.92 Å². The Morgan fingerprint density at radius 1 is 1.13 bits per heavy atom. The van der Waals surface area contributed by atoms with Crippen LogP contribution in [0.4, 0.5) is 11.4 Å². The molecule has 116 valence electrons. The van der Waals surface area contributed by atoms with Crippen molar-refractivity contribution in [3.63, 3.8) is 0 Å². The molecule has 0 atom stereocenters. The fraction of sp³-hybridized carbons (Fsp3) is 0.294. The van der Waals surface area contributed by atoms with Crippen LogP contribution < -0.4 is 10.6 Å². The first-order chi connectivity index (χ1) is 10.9. The molecule has 0 aliphatic rings. The molecule has 0 saturated heterocycles. The van der Waals surface area contributed by atoms with Gasteiger partial charge in [0.05, 0.1) is 0 Å². The van der Waals surface area contributed by atoms with E-state index >= 15 is 0 Å². The number of rotatable bonds is 5. The first-order valence-electron chi connectivity index (χ1n) is 7.03. The predicted molar refractivity (Wildman–Crippen MR) is 86.8 cm³/mol. The van der Waals surface area contributed by atoms with Gasteiger partial charge in [-0.15, -0.1) is 0 Å². The zero-order chi connectivity index (χ0) is 17.4. The summed E-state index contributed by atoms with van der Waals surface area (Å²) in [6, 6.07) is 10.3. The van der Waals surface area contributed by atoms with Gasteiger partial charge in [0.1, 0.15) is 23.9 Å². The fourth-order valence-corrected chi connectivity index (χ4v) is 1.84. The Hall–Kier alpha value is -3.30. The lowest BCUT2D eigenvalue weighted by atomic mass is 10.1. The van der Waals surface area contributed by atoms with Crippen LogP contribution in [0.3, 0.4) is 0 Å². The maximum Gasteiger partial charge on any atom is 0.224 e. The average Bonchev–Trinajstić information content (AvgIpc) is 2.49. The van der Waals surface area contributed by atoms with Gasteiger partial charge in [-0.25, -0.2) is 0 Å². The Balaban J connectivity index is 3.06. The van der Waals surface area contributed by atoms with Crippen LogP contribution in [0.1, 0.15) is 25.8 Å². The highest BCUT2D eigenvalue weighted by molar-refractivity contribution is 5.91. The van der Waals surface area contributed by atoms with Crippen LogP contribution in [0, 0.1) is 46.8 Å². The molecular formula is C17H17N5O. The van der Waals surface area contributed by atoms with Gasteiger partial charge in [-0.05, 0) is 30.5 Å². The fourth-order valence-electron chi connectivity index (χ4n) is 1.84. The van der Waals surface area contributed by atoms with E-state index in [4.69, 9.17) is 15.8 Å². The molecule has 0 aromatic heterocycles. The largest absolute Gasteiger partial charge is 0.345 e. The number of benzene rings is 1. The normalized spacial score (nSPS) is 9.26. The van der Waals surface area contributed by atoms with Gasteiger partial charge in [-0.3, -0.25) is 4.79 Å². The predicted octanol–water partition coefficient (Wildman–Crippen LogP) is 3.22.